The van der Waals surface area contributed by atoms with Crippen molar-refractivity contribution in [2.45, 2.75) is 17.8 Å². The maximum Gasteiger partial charge on any atom is 0.196 e. The number of aryl methyl sites for hydroxylation is 1. The van der Waals surface area contributed by atoms with Gasteiger partial charge in [0.15, 0.2) is 11.0 Å². The molecule has 6 heteroatoms. The SMILES string of the molecule is COc1cc(OC)cc(-c2nnc(SCc3ccccc3)n2-c2ccccc2C)c1. The van der Waals surface area contributed by atoms with Crippen molar-refractivity contribution in [2.75, 3.05) is 14.2 Å². The van der Waals surface area contributed by atoms with E-state index in [4.69, 9.17) is 9.47 Å². The Morgan fingerprint density at radius 1 is 0.833 bits per heavy atom. The van der Waals surface area contributed by atoms with Gasteiger partial charge in [0.2, 0.25) is 0 Å². The lowest BCUT2D eigenvalue weighted by atomic mass is 10.1. The average Bonchev–Trinajstić information content (AvgIpc) is 3.22. The van der Waals surface area contributed by atoms with E-state index in [0.717, 1.165) is 33.5 Å². The van der Waals surface area contributed by atoms with Crippen molar-refractivity contribution in [1.29, 1.82) is 0 Å². The van der Waals surface area contributed by atoms with Crippen LogP contribution in [0.25, 0.3) is 17.1 Å². The van der Waals surface area contributed by atoms with Crippen molar-refractivity contribution in [3.8, 4) is 28.6 Å². The Bertz CT molecular complexity index is 1120. The molecule has 0 fully saturated rings. The van der Waals surface area contributed by atoms with Gasteiger partial charge in [-0.1, -0.05) is 60.3 Å². The van der Waals surface area contributed by atoms with Gasteiger partial charge in [0, 0.05) is 17.4 Å². The second-order valence-electron chi connectivity index (χ2n) is 6.80. The molecule has 5 nitrogen and oxygen atoms in total. The van der Waals surface area contributed by atoms with Gasteiger partial charge >= 0.3 is 0 Å². The number of benzene rings is 3. The molecule has 152 valence electrons. The maximum atomic E-state index is 5.46. The van der Waals surface area contributed by atoms with Crippen molar-refractivity contribution in [1.82, 2.24) is 14.8 Å². The Kier molecular flexibility index (Phi) is 6.05. The molecule has 0 N–H and O–H groups in total. The van der Waals surface area contributed by atoms with E-state index in [1.54, 1.807) is 26.0 Å². The van der Waals surface area contributed by atoms with E-state index >= 15 is 0 Å². The summed E-state index contributed by atoms with van der Waals surface area (Å²) in [5, 5.41) is 9.92. The third-order valence-corrected chi connectivity index (χ3v) is 5.81. The number of nitrogens with zero attached hydrogens (tertiary/aromatic N) is 3. The molecule has 0 aliphatic carbocycles. The number of hydrogen-bond acceptors (Lipinski definition) is 5. The van der Waals surface area contributed by atoms with Crippen molar-refractivity contribution in [3.63, 3.8) is 0 Å². The van der Waals surface area contributed by atoms with Gasteiger partial charge in [-0.3, -0.25) is 4.57 Å². The highest BCUT2D eigenvalue weighted by molar-refractivity contribution is 7.98. The first-order valence-electron chi connectivity index (χ1n) is 9.61. The van der Waals surface area contributed by atoms with Gasteiger partial charge in [-0.25, -0.2) is 0 Å². The molecule has 0 radical (unpaired) electrons. The van der Waals surface area contributed by atoms with E-state index in [9.17, 15) is 0 Å². The van der Waals surface area contributed by atoms with E-state index in [1.165, 1.54) is 5.56 Å². The van der Waals surface area contributed by atoms with E-state index in [-0.39, 0.29) is 0 Å². The second kappa shape index (κ2) is 9.05. The average molecular weight is 418 g/mol. The lowest BCUT2D eigenvalue weighted by Crippen LogP contribution is -2.02. The minimum atomic E-state index is 0.710. The van der Waals surface area contributed by atoms with Crippen LogP contribution in [-0.2, 0) is 5.75 Å². The number of ether oxygens (including phenoxy) is 2. The minimum absolute atomic E-state index is 0.710. The number of hydrogen-bond donors (Lipinski definition) is 0. The summed E-state index contributed by atoms with van der Waals surface area (Å²) in [7, 11) is 3.29. The maximum absolute atomic E-state index is 5.46. The van der Waals surface area contributed by atoms with Crippen LogP contribution in [0, 0.1) is 6.92 Å². The van der Waals surface area contributed by atoms with Gasteiger partial charge in [0.25, 0.3) is 0 Å². The van der Waals surface area contributed by atoms with Gasteiger partial charge in [0.05, 0.1) is 19.9 Å². The zero-order chi connectivity index (χ0) is 20.9. The third kappa shape index (κ3) is 4.19. The zero-order valence-corrected chi connectivity index (χ0v) is 18.0. The first-order chi connectivity index (χ1) is 14.7. The Labute approximate surface area is 180 Å². The number of thioether (sulfide) groups is 1. The molecule has 3 aromatic carbocycles. The minimum Gasteiger partial charge on any atom is -0.497 e. The molecule has 0 spiro atoms. The molecule has 0 saturated heterocycles. The van der Waals surface area contributed by atoms with E-state index in [2.05, 4.69) is 58.1 Å². The molecule has 0 atom stereocenters. The first-order valence-corrected chi connectivity index (χ1v) is 10.6. The van der Waals surface area contributed by atoms with Crippen molar-refractivity contribution >= 4 is 11.8 Å². The summed E-state index contributed by atoms with van der Waals surface area (Å²) in [4.78, 5) is 0. The summed E-state index contributed by atoms with van der Waals surface area (Å²) >= 11 is 1.67. The molecular weight excluding hydrogens is 394 g/mol. The van der Waals surface area contributed by atoms with Gasteiger partial charge in [-0.2, -0.15) is 0 Å². The quantitative estimate of drug-likeness (QED) is 0.369. The highest BCUT2D eigenvalue weighted by atomic mass is 32.2. The monoisotopic (exact) mass is 417 g/mol. The third-order valence-electron chi connectivity index (χ3n) is 4.81. The van der Waals surface area contributed by atoms with Crippen LogP contribution in [0.2, 0.25) is 0 Å². The van der Waals surface area contributed by atoms with Crippen molar-refractivity contribution in [2.24, 2.45) is 0 Å². The molecule has 0 saturated carbocycles. The fraction of sp³-hybridized carbons (Fsp3) is 0.167. The summed E-state index contributed by atoms with van der Waals surface area (Å²) in [6, 6.07) is 24.4. The van der Waals surface area contributed by atoms with Crippen LogP contribution in [-0.4, -0.2) is 29.0 Å². The van der Waals surface area contributed by atoms with Crippen molar-refractivity contribution in [3.05, 3.63) is 83.9 Å². The summed E-state index contributed by atoms with van der Waals surface area (Å²) in [5.41, 5.74) is 4.32. The topological polar surface area (TPSA) is 49.2 Å². The first kappa shape index (κ1) is 20.0. The van der Waals surface area contributed by atoms with Crippen molar-refractivity contribution < 1.29 is 9.47 Å². The van der Waals surface area contributed by atoms with Gasteiger partial charge in [-0.05, 0) is 36.2 Å². The van der Waals surface area contributed by atoms with Crippen LogP contribution < -0.4 is 9.47 Å². The van der Waals surface area contributed by atoms with E-state index < -0.39 is 0 Å². The molecule has 4 aromatic rings. The normalized spacial score (nSPS) is 10.8. The van der Waals surface area contributed by atoms with Crippen LogP contribution in [0.1, 0.15) is 11.1 Å². The van der Waals surface area contributed by atoms with Crippen LogP contribution >= 0.6 is 11.8 Å². The number of para-hydroxylation sites is 1. The van der Waals surface area contributed by atoms with Gasteiger partial charge < -0.3 is 9.47 Å². The Hall–Kier alpha value is -3.25. The second-order valence-corrected chi connectivity index (χ2v) is 7.75. The Morgan fingerprint density at radius 3 is 2.17 bits per heavy atom. The predicted octanol–water partition coefficient (Wildman–Crippen LogP) is 5.55. The summed E-state index contributed by atoms with van der Waals surface area (Å²) in [6.45, 7) is 2.09. The summed E-state index contributed by atoms with van der Waals surface area (Å²) in [6.07, 6.45) is 0. The highest BCUT2D eigenvalue weighted by Gasteiger charge is 2.19. The molecule has 0 amide bonds. The number of methoxy groups -OCH3 is 2. The summed E-state index contributed by atoms with van der Waals surface area (Å²) in [5.74, 6) is 2.98. The lowest BCUT2D eigenvalue weighted by Gasteiger charge is -2.14. The standard InChI is InChI=1S/C24H23N3O2S/c1-17-9-7-8-12-22(17)27-23(19-13-20(28-2)15-21(14-19)29-3)25-26-24(27)30-16-18-10-5-4-6-11-18/h4-15H,16H2,1-3H3. The smallest absolute Gasteiger partial charge is 0.196 e. The number of rotatable bonds is 7. The van der Waals surface area contributed by atoms with E-state index in [0.29, 0.717) is 11.5 Å². The Balaban J connectivity index is 1.81. The molecular formula is C24H23N3O2S. The van der Waals surface area contributed by atoms with Crippen LogP contribution in [0.5, 0.6) is 11.5 Å². The molecule has 0 aliphatic heterocycles. The van der Waals surface area contributed by atoms with Gasteiger partial charge in [0.1, 0.15) is 11.5 Å². The molecule has 1 heterocycles. The fourth-order valence-electron chi connectivity index (χ4n) is 3.24. The van der Waals surface area contributed by atoms with Crippen LogP contribution in [0.3, 0.4) is 0 Å². The number of aromatic nitrogens is 3. The molecule has 1 aromatic heterocycles. The Morgan fingerprint density at radius 2 is 1.50 bits per heavy atom. The molecule has 0 unspecified atom stereocenters. The molecule has 0 bridgehead atoms. The largest absolute Gasteiger partial charge is 0.497 e. The zero-order valence-electron chi connectivity index (χ0n) is 17.2. The molecule has 4 rings (SSSR count). The summed E-state index contributed by atoms with van der Waals surface area (Å²) < 4.78 is 13.0. The van der Waals surface area contributed by atoms with Gasteiger partial charge in [-0.15, -0.1) is 10.2 Å². The lowest BCUT2D eigenvalue weighted by molar-refractivity contribution is 0.394. The highest BCUT2D eigenvalue weighted by Crippen LogP contribution is 2.34. The van der Waals surface area contributed by atoms with Crippen LogP contribution in [0.4, 0.5) is 0 Å². The molecule has 30 heavy (non-hydrogen) atoms. The molecule has 0 aliphatic rings. The van der Waals surface area contributed by atoms with Crippen LogP contribution in [0.15, 0.2) is 78.0 Å². The van der Waals surface area contributed by atoms with E-state index in [1.807, 2.05) is 36.4 Å². The predicted molar refractivity (Wildman–Crippen MR) is 121 cm³/mol. The fourth-order valence-corrected chi connectivity index (χ4v) is 4.14.